The van der Waals surface area contributed by atoms with Gasteiger partial charge in [0.1, 0.15) is 0 Å². The zero-order valence-electron chi connectivity index (χ0n) is 10.5. The fraction of sp³-hybridized carbons (Fsp3) is 0.143. The van der Waals surface area contributed by atoms with E-state index in [4.69, 9.17) is 28.9 Å². The van der Waals surface area contributed by atoms with Crippen molar-refractivity contribution in [2.45, 2.75) is 12.5 Å². The fourth-order valence-electron chi connectivity index (χ4n) is 2.19. The first-order valence-electron chi connectivity index (χ1n) is 6.12. The molecule has 2 N–H and O–H groups in total. The van der Waals surface area contributed by atoms with E-state index in [-0.39, 0.29) is 6.04 Å². The van der Waals surface area contributed by atoms with Crippen LogP contribution in [0.25, 0.3) is 5.52 Å². The molecule has 102 valence electrons. The number of nitrogens with zero attached hydrogens (tertiary/aromatic N) is 3. The highest BCUT2D eigenvalue weighted by atomic mass is 35.5. The van der Waals surface area contributed by atoms with Crippen LogP contribution in [0.15, 0.2) is 43.0 Å². The summed E-state index contributed by atoms with van der Waals surface area (Å²) in [6.45, 7) is 0. The number of hydrogen-bond acceptors (Lipinski definition) is 3. The molecule has 0 radical (unpaired) electrons. The first-order chi connectivity index (χ1) is 9.65. The van der Waals surface area contributed by atoms with Crippen LogP contribution >= 0.6 is 23.2 Å². The molecule has 6 heteroatoms. The van der Waals surface area contributed by atoms with Crippen LogP contribution in [-0.2, 0) is 6.42 Å². The summed E-state index contributed by atoms with van der Waals surface area (Å²) in [5.41, 5.74) is 9.04. The quantitative estimate of drug-likeness (QED) is 0.808. The summed E-state index contributed by atoms with van der Waals surface area (Å²) in [5.74, 6) is 0. The fourth-order valence-corrected chi connectivity index (χ4v) is 2.57. The van der Waals surface area contributed by atoms with Crippen molar-refractivity contribution < 1.29 is 0 Å². The summed E-state index contributed by atoms with van der Waals surface area (Å²) in [7, 11) is 0. The van der Waals surface area contributed by atoms with E-state index in [2.05, 4.69) is 10.1 Å². The summed E-state index contributed by atoms with van der Waals surface area (Å²) in [6.07, 6.45) is 7.58. The number of rotatable bonds is 3. The predicted octanol–water partition coefficient (Wildman–Crippen LogP) is 3.28. The van der Waals surface area contributed by atoms with Crippen LogP contribution in [0.2, 0.25) is 10.0 Å². The van der Waals surface area contributed by atoms with Crippen molar-refractivity contribution >= 4 is 28.7 Å². The summed E-state index contributed by atoms with van der Waals surface area (Å²) >= 11 is 12.2. The Labute approximate surface area is 126 Å². The van der Waals surface area contributed by atoms with Crippen molar-refractivity contribution in [3.8, 4) is 0 Å². The van der Waals surface area contributed by atoms with E-state index in [0.717, 1.165) is 16.6 Å². The van der Waals surface area contributed by atoms with Gasteiger partial charge in [-0.3, -0.25) is 4.98 Å². The van der Waals surface area contributed by atoms with Crippen molar-refractivity contribution in [3.05, 3.63) is 64.2 Å². The second-order valence-electron chi connectivity index (χ2n) is 4.55. The van der Waals surface area contributed by atoms with Gasteiger partial charge in [-0.1, -0.05) is 23.2 Å². The number of hydrogen-bond donors (Lipinski definition) is 1. The maximum atomic E-state index is 6.27. The van der Waals surface area contributed by atoms with Crippen molar-refractivity contribution in [1.29, 1.82) is 0 Å². The molecule has 0 aliphatic heterocycles. The Morgan fingerprint density at radius 3 is 2.95 bits per heavy atom. The molecule has 2 aromatic heterocycles. The smallest absolute Gasteiger partial charge is 0.0892 e. The molecule has 0 saturated carbocycles. The van der Waals surface area contributed by atoms with Gasteiger partial charge in [-0.05, 0) is 30.2 Å². The van der Waals surface area contributed by atoms with E-state index in [1.807, 2.05) is 6.07 Å². The van der Waals surface area contributed by atoms with Gasteiger partial charge in [0, 0.05) is 34.0 Å². The van der Waals surface area contributed by atoms with Crippen LogP contribution < -0.4 is 5.73 Å². The van der Waals surface area contributed by atoms with Crippen LogP contribution in [0.4, 0.5) is 0 Å². The van der Waals surface area contributed by atoms with Gasteiger partial charge in [-0.25, -0.2) is 4.52 Å². The third kappa shape index (κ3) is 2.50. The molecule has 3 aromatic rings. The Kier molecular flexibility index (Phi) is 3.61. The molecule has 0 aliphatic carbocycles. The van der Waals surface area contributed by atoms with Crippen LogP contribution in [0.5, 0.6) is 0 Å². The monoisotopic (exact) mass is 306 g/mol. The molecule has 0 amide bonds. The zero-order valence-corrected chi connectivity index (χ0v) is 12.0. The highest BCUT2D eigenvalue weighted by Crippen LogP contribution is 2.26. The normalized spacial score (nSPS) is 12.8. The lowest BCUT2D eigenvalue weighted by Crippen LogP contribution is -2.13. The van der Waals surface area contributed by atoms with Crippen molar-refractivity contribution in [1.82, 2.24) is 14.6 Å². The molecule has 0 spiro atoms. The lowest BCUT2D eigenvalue weighted by molar-refractivity contribution is 0.727. The summed E-state index contributed by atoms with van der Waals surface area (Å²) in [4.78, 5) is 4.10. The van der Waals surface area contributed by atoms with Gasteiger partial charge < -0.3 is 5.73 Å². The number of halogens is 2. The molecule has 3 rings (SSSR count). The molecule has 20 heavy (non-hydrogen) atoms. The van der Waals surface area contributed by atoms with E-state index < -0.39 is 0 Å². The van der Waals surface area contributed by atoms with Crippen molar-refractivity contribution in [2.24, 2.45) is 5.73 Å². The van der Waals surface area contributed by atoms with E-state index in [1.54, 1.807) is 41.4 Å². The standard InChI is InChI=1S/C14H12Cl2N4/c15-10-1-2-12(16)9(5-10)6-13(17)11-7-19-20-4-3-18-8-14(11)20/h1-5,7-8,13H,6,17H2. The Morgan fingerprint density at radius 1 is 1.25 bits per heavy atom. The van der Waals surface area contributed by atoms with Crippen LogP contribution in [0, 0.1) is 0 Å². The number of nitrogens with two attached hydrogens (primary N) is 1. The Bertz CT molecular complexity index is 754. The van der Waals surface area contributed by atoms with Gasteiger partial charge >= 0.3 is 0 Å². The second-order valence-corrected chi connectivity index (χ2v) is 5.40. The summed E-state index contributed by atoms with van der Waals surface area (Å²) in [6, 6.07) is 5.17. The molecule has 0 fully saturated rings. The second kappa shape index (κ2) is 5.40. The first kappa shape index (κ1) is 13.4. The Balaban J connectivity index is 1.93. The largest absolute Gasteiger partial charge is 0.324 e. The third-order valence-electron chi connectivity index (χ3n) is 3.20. The molecule has 2 heterocycles. The Hall–Kier alpha value is -1.62. The Morgan fingerprint density at radius 2 is 2.10 bits per heavy atom. The lowest BCUT2D eigenvalue weighted by atomic mass is 10.0. The van der Waals surface area contributed by atoms with Crippen LogP contribution in [0.1, 0.15) is 17.2 Å². The number of aromatic nitrogens is 3. The lowest BCUT2D eigenvalue weighted by Gasteiger charge is -2.12. The van der Waals surface area contributed by atoms with Gasteiger partial charge in [0.25, 0.3) is 0 Å². The highest BCUT2D eigenvalue weighted by molar-refractivity contribution is 6.33. The molecule has 4 nitrogen and oxygen atoms in total. The van der Waals surface area contributed by atoms with Gasteiger partial charge in [0.15, 0.2) is 0 Å². The maximum absolute atomic E-state index is 6.27. The minimum Gasteiger partial charge on any atom is -0.324 e. The highest BCUT2D eigenvalue weighted by Gasteiger charge is 2.14. The molecule has 0 aliphatic rings. The van der Waals surface area contributed by atoms with Gasteiger partial charge in [0.05, 0.1) is 17.9 Å². The average molecular weight is 307 g/mol. The predicted molar refractivity (Wildman–Crippen MR) is 80.1 cm³/mol. The SMILES string of the molecule is NC(Cc1cc(Cl)ccc1Cl)c1cnn2ccncc12. The number of benzene rings is 1. The van der Waals surface area contributed by atoms with Crippen molar-refractivity contribution in [3.63, 3.8) is 0 Å². The third-order valence-corrected chi connectivity index (χ3v) is 3.81. The molecule has 1 aromatic carbocycles. The summed E-state index contributed by atoms with van der Waals surface area (Å²) in [5, 5.41) is 5.58. The number of fused-ring (bicyclic) bond motifs is 1. The van der Waals surface area contributed by atoms with E-state index in [1.165, 1.54) is 0 Å². The molecule has 0 bridgehead atoms. The molecule has 1 unspecified atom stereocenters. The van der Waals surface area contributed by atoms with Gasteiger partial charge in [-0.15, -0.1) is 0 Å². The van der Waals surface area contributed by atoms with Crippen LogP contribution in [0.3, 0.4) is 0 Å². The van der Waals surface area contributed by atoms with Crippen molar-refractivity contribution in [2.75, 3.05) is 0 Å². The molecule has 1 atom stereocenters. The average Bonchev–Trinajstić information content (AvgIpc) is 2.87. The zero-order chi connectivity index (χ0) is 14.1. The molecular weight excluding hydrogens is 295 g/mol. The summed E-state index contributed by atoms with van der Waals surface area (Å²) < 4.78 is 1.75. The molecule has 0 saturated heterocycles. The van der Waals surface area contributed by atoms with Gasteiger partial charge in [0.2, 0.25) is 0 Å². The maximum Gasteiger partial charge on any atom is 0.0892 e. The van der Waals surface area contributed by atoms with Crippen LogP contribution in [-0.4, -0.2) is 14.6 Å². The van der Waals surface area contributed by atoms with E-state index in [9.17, 15) is 0 Å². The minimum atomic E-state index is -0.215. The van der Waals surface area contributed by atoms with Gasteiger partial charge in [-0.2, -0.15) is 5.10 Å². The van der Waals surface area contributed by atoms with E-state index >= 15 is 0 Å². The minimum absolute atomic E-state index is 0.215. The molecular formula is C14H12Cl2N4. The first-order valence-corrected chi connectivity index (χ1v) is 6.87. The van der Waals surface area contributed by atoms with E-state index in [0.29, 0.717) is 16.5 Å². The topological polar surface area (TPSA) is 56.2 Å².